The second-order valence-electron chi connectivity index (χ2n) is 3.99. The first-order valence-corrected chi connectivity index (χ1v) is 7.00. The minimum absolute atomic E-state index is 0.105. The molecule has 0 aliphatic carbocycles. The molecule has 2 rings (SSSR count). The Kier molecular flexibility index (Phi) is 4.11. The van der Waals surface area contributed by atoms with E-state index >= 15 is 0 Å². The highest BCUT2D eigenvalue weighted by Crippen LogP contribution is 2.29. The molecule has 0 radical (unpaired) electrons. The van der Waals surface area contributed by atoms with Crippen molar-refractivity contribution >= 4 is 27.8 Å². The average Bonchev–Trinajstić information content (AvgIpc) is 2.89. The van der Waals surface area contributed by atoms with Gasteiger partial charge in [0.15, 0.2) is 5.13 Å². The number of rotatable bonds is 5. The maximum absolute atomic E-state index is 10.6. The monoisotopic (exact) mass is 277 g/mol. The van der Waals surface area contributed by atoms with Gasteiger partial charge in [0.05, 0.1) is 10.6 Å². The van der Waals surface area contributed by atoms with E-state index in [9.17, 15) is 10.1 Å². The minimum Gasteiger partial charge on any atom is -0.318 e. The second-order valence-corrected chi connectivity index (χ2v) is 4.83. The topological polar surface area (TPSA) is 59.3 Å². The lowest BCUT2D eigenvalue weighted by Crippen LogP contribution is -2.15. The van der Waals surface area contributed by atoms with Crippen molar-refractivity contribution in [3.63, 3.8) is 0 Å². The Morgan fingerprint density at radius 1 is 1.32 bits per heavy atom. The number of hydrogen-bond acceptors (Lipinski definition) is 5. The first-order valence-electron chi connectivity index (χ1n) is 6.12. The molecule has 2 aromatic rings. The van der Waals surface area contributed by atoms with Crippen LogP contribution in [0, 0.1) is 10.1 Å². The smallest absolute Gasteiger partial charge is 0.269 e. The van der Waals surface area contributed by atoms with E-state index in [4.69, 9.17) is 0 Å². The van der Waals surface area contributed by atoms with E-state index in [1.54, 1.807) is 23.5 Å². The molecule has 0 saturated heterocycles. The molecule has 0 N–H and O–H groups in total. The van der Waals surface area contributed by atoms with Gasteiger partial charge in [-0.15, -0.1) is 11.3 Å². The number of aryl methyl sites for hydroxylation is 1. The summed E-state index contributed by atoms with van der Waals surface area (Å²) in [6.07, 6.45) is 0.911. The lowest BCUT2D eigenvalue weighted by molar-refractivity contribution is -0.384. The third kappa shape index (κ3) is 2.90. The summed E-state index contributed by atoms with van der Waals surface area (Å²) in [6, 6.07) is 6.56. The van der Waals surface area contributed by atoms with E-state index < -0.39 is 4.92 Å². The molecule has 19 heavy (non-hydrogen) atoms. The van der Waals surface area contributed by atoms with Crippen LogP contribution >= 0.6 is 11.3 Å². The molecule has 1 aromatic carbocycles. The Morgan fingerprint density at radius 3 is 2.47 bits per heavy atom. The van der Waals surface area contributed by atoms with Gasteiger partial charge in [-0.2, -0.15) is 0 Å². The van der Waals surface area contributed by atoms with E-state index in [1.165, 1.54) is 12.1 Å². The fourth-order valence-corrected chi connectivity index (χ4v) is 2.76. The van der Waals surface area contributed by atoms with Crippen LogP contribution in [0.4, 0.5) is 16.5 Å². The van der Waals surface area contributed by atoms with Gasteiger partial charge in [-0.1, -0.05) is 6.92 Å². The molecule has 0 aliphatic heterocycles. The summed E-state index contributed by atoms with van der Waals surface area (Å²) in [5, 5.41) is 13.6. The van der Waals surface area contributed by atoms with Crippen molar-refractivity contribution in [2.45, 2.75) is 20.3 Å². The molecule has 0 amide bonds. The highest BCUT2D eigenvalue weighted by atomic mass is 32.1. The zero-order chi connectivity index (χ0) is 13.8. The van der Waals surface area contributed by atoms with Crippen molar-refractivity contribution in [2.24, 2.45) is 0 Å². The van der Waals surface area contributed by atoms with Gasteiger partial charge in [-0.25, -0.2) is 4.98 Å². The zero-order valence-electron chi connectivity index (χ0n) is 10.9. The molecule has 1 heterocycles. The van der Waals surface area contributed by atoms with Crippen LogP contribution in [-0.2, 0) is 6.42 Å². The number of non-ortho nitro benzene ring substituents is 1. The molecule has 5 nitrogen and oxygen atoms in total. The van der Waals surface area contributed by atoms with Gasteiger partial charge in [0.25, 0.3) is 5.69 Å². The fraction of sp³-hybridized carbons (Fsp3) is 0.308. The number of nitro groups is 1. The molecule has 100 valence electrons. The molecule has 0 bridgehead atoms. The molecule has 0 unspecified atom stereocenters. The Balaban J connectivity index is 2.28. The van der Waals surface area contributed by atoms with E-state index in [0.717, 1.165) is 29.5 Å². The standard InChI is InChI=1S/C13H15N3O2S/c1-3-10-9-19-13(14-10)15(4-2)11-5-7-12(8-6-11)16(17)18/h5-9H,3-4H2,1-2H3. The highest BCUT2D eigenvalue weighted by molar-refractivity contribution is 7.13. The Hall–Kier alpha value is -1.95. The second kappa shape index (κ2) is 5.79. The molecule has 0 aliphatic rings. The molecule has 0 saturated carbocycles. The Bertz CT molecular complexity index is 566. The fourth-order valence-electron chi connectivity index (χ4n) is 1.77. The van der Waals surface area contributed by atoms with Crippen LogP contribution in [0.15, 0.2) is 29.6 Å². The molecule has 0 fully saturated rings. The highest BCUT2D eigenvalue weighted by Gasteiger charge is 2.13. The van der Waals surface area contributed by atoms with Crippen LogP contribution < -0.4 is 4.90 Å². The maximum Gasteiger partial charge on any atom is 0.269 e. The third-order valence-corrected chi connectivity index (χ3v) is 3.73. The van der Waals surface area contributed by atoms with Crippen molar-refractivity contribution in [1.82, 2.24) is 4.98 Å². The number of nitrogens with zero attached hydrogens (tertiary/aromatic N) is 3. The van der Waals surface area contributed by atoms with Gasteiger partial charge in [0.2, 0.25) is 0 Å². The van der Waals surface area contributed by atoms with Crippen molar-refractivity contribution < 1.29 is 4.92 Å². The number of hydrogen-bond donors (Lipinski definition) is 0. The number of thiazole rings is 1. The van der Waals surface area contributed by atoms with Gasteiger partial charge in [-0.3, -0.25) is 10.1 Å². The van der Waals surface area contributed by atoms with Crippen LogP contribution in [0.2, 0.25) is 0 Å². The SMILES string of the molecule is CCc1csc(N(CC)c2ccc([N+](=O)[O-])cc2)n1. The van der Waals surface area contributed by atoms with Crippen molar-refractivity contribution in [1.29, 1.82) is 0 Å². The van der Waals surface area contributed by atoms with Crippen LogP contribution in [0.5, 0.6) is 0 Å². The van der Waals surface area contributed by atoms with Crippen LogP contribution in [0.1, 0.15) is 19.5 Å². The first kappa shape index (κ1) is 13.5. The normalized spacial score (nSPS) is 10.4. The molecular formula is C13H15N3O2S. The van der Waals surface area contributed by atoms with Crippen molar-refractivity contribution in [3.8, 4) is 0 Å². The lowest BCUT2D eigenvalue weighted by Gasteiger charge is -2.19. The summed E-state index contributed by atoms with van der Waals surface area (Å²) in [5.41, 5.74) is 2.10. The van der Waals surface area contributed by atoms with Crippen molar-refractivity contribution in [3.05, 3.63) is 45.5 Å². The van der Waals surface area contributed by atoms with Crippen molar-refractivity contribution in [2.75, 3.05) is 11.4 Å². The van der Waals surface area contributed by atoms with Gasteiger partial charge in [-0.05, 0) is 25.5 Å². The largest absolute Gasteiger partial charge is 0.318 e. The summed E-state index contributed by atoms with van der Waals surface area (Å²) >= 11 is 1.59. The molecule has 6 heteroatoms. The van der Waals surface area contributed by atoms with Crippen LogP contribution in [0.25, 0.3) is 0 Å². The molecule has 0 atom stereocenters. The van der Waals surface area contributed by atoms with E-state index in [2.05, 4.69) is 11.9 Å². The Labute approximate surface area is 115 Å². The number of benzene rings is 1. The zero-order valence-corrected chi connectivity index (χ0v) is 11.7. The number of aromatic nitrogens is 1. The summed E-state index contributed by atoms with van der Waals surface area (Å²) in [6.45, 7) is 4.88. The summed E-state index contributed by atoms with van der Waals surface area (Å²) in [7, 11) is 0. The quantitative estimate of drug-likeness (QED) is 0.616. The minimum atomic E-state index is -0.390. The first-order chi connectivity index (χ1) is 9.15. The molecule has 1 aromatic heterocycles. The summed E-state index contributed by atoms with van der Waals surface area (Å²) < 4.78 is 0. The Morgan fingerprint density at radius 2 is 2.00 bits per heavy atom. The van der Waals surface area contributed by atoms with Crippen LogP contribution in [0.3, 0.4) is 0 Å². The van der Waals surface area contributed by atoms with Gasteiger partial charge >= 0.3 is 0 Å². The molecular weight excluding hydrogens is 262 g/mol. The lowest BCUT2D eigenvalue weighted by atomic mass is 10.2. The van der Waals surface area contributed by atoms with E-state index in [1.807, 2.05) is 17.2 Å². The number of anilines is 2. The van der Waals surface area contributed by atoms with E-state index in [-0.39, 0.29) is 5.69 Å². The predicted octanol–water partition coefficient (Wildman–Crippen LogP) is 3.77. The number of nitro benzene ring substituents is 1. The van der Waals surface area contributed by atoms with Gasteiger partial charge in [0, 0.05) is 29.7 Å². The average molecular weight is 277 g/mol. The predicted molar refractivity (Wildman–Crippen MR) is 77.3 cm³/mol. The van der Waals surface area contributed by atoms with E-state index in [0.29, 0.717) is 0 Å². The summed E-state index contributed by atoms with van der Waals surface area (Å²) in [5.74, 6) is 0. The van der Waals surface area contributed by atoms with Crippen LogP contribution in [-0.4, -0.2) is 16.5 Å². The third-order valence-electron chi connectivity index (χ3n) is 2.82. The van der Waals surface area contributed by atoms with Gasteiger partial charge in [0.1, 0.15) is 0 Å². The summed E-state index contributed by atoms with van der Waals surface area (Å²) in [4.78, 5) is 16.8. The van der Waals surface area contributed by atoms with Gasteiger partial charge < -0.3 is 4.90 Å². The molecule has 0 spiro atoms. The maximum atomic E-state index is 10.6.